The minimum Gasteiger partial charge on any atom is -0.489 e. The third-order valence-corrected chi connectivity index (χ3v) is 7.40. The normalized spacial score (nSPS) is 37.1. The summed E-state index contributed by atoms with van der Waals surface area (Å²) in [5, 5.41) is 9.42. The Morgan fingerprint density at radius 2 is 2.20 bits per heavy atom. The Labute approximate surface area is 175 Å². The molecule has 0 aromatic carbocycles. The van der Waals surface area contributed by atoms with E-state index >= 15 is 0 Å². The lowest BCUT2D eigenvalue weighted by Crippen LogP contribution is -2.41. The Morgan fingerprint density at radius 3 is 2.90 bits per heavy atom. The van der Waals surface area contributed by atoms with Crippen LogP contribution in [-0.4, -0.2) is 41.2 Å². The number of methoxy groups -OCH3 is 1. The van der Waals surface area contributed by atoms with E-state index in [0.717, 1.165) is 17.6 Å². The highest BCUT2D eigenvalue weighted by Crippen LogP contribution is 2.60. The number of carbonyl (C=O) groups is 2. The molecule has 4 aliphatic rings. The molecule has 6 nitrogen and oxygen atoms in total. The second kappa shape index (κ2) is 6.91. The number of rotatable bonds is 3. The van der Waals surface area contributed by atoms with Crippen molar-refractivity contribution in [3.05, 3.63) is 65.2 Å². The maximum absolute atomic E-state index is 12.5. The Bertz CT molecular complexity index is 994. The Kier molecular flexibility index (Phi) is 4.43. The highest BCUT2D eigenvalue weighted by Gasteiger charge is 2.57. The van der Waals surface area contributed by atoms with Crippen molar-refractivity contribution in [2.45, 2.75) is 44.3 Å². The summed E-state index contributed by atoms with van der Waals surface area (Å²) >= 11 is 0. The lowest BCUT2D eigenvalue weighted by atomic mass is 9.64. The molecule has 1 aromatic rings. The van der Waals surface area contributed by atoms with E-state index in [-0.39, 0.29) is 48.1 Å². The molecule has 3 aliphatic carbocycles. The van der Waals surface area contributed by atoms with E-state index in [0.29, 0.717) is 11.3 Å². The van der Waals surface area contributed by atoms with Gasteiger partial charge in [-0.3, -0.25) is 14.6 Å². The number of aromatic nitrogens is 1. The fourth-order valence-electron chi connectivity index (χ4n) is 5.86. The zero-order chi connectivity index (χ0) is 21.0. The summed E-state index contributed by atoms with van der Waals surface area (Å²) in [5.41, 5.74) is 2.47. The third-order valence-electron chi connectivity index (χ3n) is 7.40. The van der Waals surface area contributed by atoms with Gasteiger partial charge in [-0.05, 0) is 29.7 Å². The van der Waals surface area contributed by atoms with Crippen molar-refractivity contribution in [1.82, 2.24) is 4.98 Å². The van der Waals surface area contributed by atoms with Crippen LogP contribution in [0.15, 0.2) is 59.7 Å². The largest absolute Gasteiger partial charge is 0.489 e. The maximum atomic E-state index is 12.5. The van der Waals surface area contributed by atoms with Crippen molar-refractivity contribution in [3.63, 3.8) is 0 Å². The van der Waals surface area contributed by atoms with E-state index < -0.39 is 11.9 Å². The molecule has 0 bridgehead atoms. The van der Waals surface area contributed by atoms with Gasteiger partial charge in [0, 0.05) is 49.6 Å². The van der Waals surface area contributed by atoms with Crippen molar-refractivity contribution in [2.24, 2.45) is 17.3 Å². The van der Waals surface area contributed by atoms with Crippen molar-refractivity contribution in [2.75, 3.05) is 7.11 Å². The van der Waals surface area contributed by atoms with Crippen LogP contribution in [0, 0.1) is 17.3 Å². The lowest BCUT2D eigenvalue weighted by molar-refractivity contribution is -0.144. The molecule has 0 saturated heterocycles. The average Bonchev–Trinajstić information content (AvgIpc) is 3.06. The molecule has 0 amide bonds. The molecule has 1 aliphatic heterocycles. The first-order chi connectivity index (χ1) is 14.4. The van der Waals surface area contributed by atoms with Crippen molar-refractivity contribution in [3.8, 4) is 0 Å². The number of fused-ring (bicyclic) bond motifs is 3. The standard InChI is InChI=1S/C24H25NO5/c1-24-6-5-13-8-16-18(26)9-15(23(27)28)10-19(16)30-22(13)17(24)11-20(29-2)21(24)14-4-3-7-25-12-14/h3-8,12,15,17,20-22H,9-11H2,1-2H3,(H,27,28)/t15?,17-,20+,21-,22+,24-/m0/s1. The minimum atomic E-state index is -0.946. The maximum Gasteiger partial charge on any atom is 0.307 e. The Morgan fingerprint density at radius 1 is 1.37 bits per heavy atom. The minimum absolute atomic E-state index is 0.0203. The molecule has 1 aromatic heterocycles. The van der Waals surface area contributed by atoms with Gasteiger partial charge in [0.1, 0.15) is 11.9 Å². The third kappa shape index (κ3) is 2.77. The number of Topliss-reactive ketones (excluding diaryl/α,β-unsaturated/α-hetero) is 1. The van der Waals surface area contributed by atoms with Gasteiger partial charge in [-0.15, -0.1) is 0 Å². The second-order valence-corrected chi connectivity index (χ2v) is 8.97. The van der Waals surface area contributed by atoms with Gasteiger partial charge >= 0.3 is 5.97 Å². The summed E-state index contributed by atoms with van der Waals surface area (Å²) in [4.78, 5) is 28.4. The average molecular weight is 407 g/mol. The number of hydrogen-bond acceptors (Lipinski definition) is 5. The topological polar surface area (TPSA) is 85.7 Å². The van der Waals surface area contributed by atoms with Crippen LogP contribution in [0.2, 0.25) is 0 Å². The number of nitrogens with zero attached hydrogens (tertiary/aromatic N) is 1. The van der Waals surface area contributed by atoms with E-state index in [1.807, 2.05) is 18.3 Å². The Hall–Kier alpha value is -2.73. The fourth-order valence-corrected chi connectivity index (χ4v) is 5.86. The lowest BCUT2D eigenvalue weighted by Gasteiger charge is -2.44. The zero-order valence-electron chi connectivity index (χ0n) is 17.1. The van der Waals surface area contributed by atoms with Crippen LogP contribution in [0.3, 0.4) is 0 Å². The summed E-state index contributed by atoms with van der Waals surface area (Å²) in [6, 6.07) is 4.04. The van der Waals surface area contributed by atoms with Crippen LogP contribution in [0.4, 0.5) is 0 Å². The van der Waals surface area contributed by atoms with Gasteiger partial charge < -0.3 is 14.6 Å². The van der Waals surface area contributed by atoms with E-state index in [4.69, 9.17) is 9.47 Å². The predicted molar refractivity (Wildman–Crippen MR) is 108 cm³/mol. The van der Waals surface area contributed by atoms with Crippen molar-refractivity contribution in [1.29, 1.82) is 0 Å². The molecule has 6 heteroatoms. The first kappa shape index (κ1) is 19.2. The molecular weight excluding hydrogens is 382 g/mol. The molecule has 30 heavy (non-hydrogen) atoms. The molecule has 0 radical (unpaired) electrons. The summed E-state index contributed by atoms with van der Waals surface area (Å²) < 4.78 is 12.3. The monoisotopic (exact) mass is 407 g/mol. The summed E-state index contributed by atoms with van der Waals surface area (Å²) in [5.74, 6) is -0.987. The van der Waals surface area contributed by atoms with E-state index in [1.165, 1.54) is 0 Å². The number of aliphatic carboxylic acids is 1. The first-order valence-corrected chi connectivity index (χ1v) is 10.4. The van der Waals surface area contributed by atoms with Crippen LogP contribution in [-0.2, 0) is 19.1 Å². The highest BCUT2D eigenvalue weighted by molar-refractivity contribution is 6.02. The molecule has 2 heterocycles. The van der Waals surface area contributed by atoms with Gasteiger partial charge in [-0.2, -0.15) is 0 Å². The molecule has 0 spiro atoms. The molecule has 156 valence electrons. The van der Waals surface area contributed by atoms with Crippen LogP contribution < -0.4 is 0 Å². The molecular formula is C24H25NO5. The number of carboxylic acids is 1. The van der Waals surface area contributed by atoms with Crippen LogP contribution in [0.5, 0.6) is 0 Å². The summed E-state index contributed by atoms with van der Waals surface area (Å²) in [6.07, 6.45) is 10.8. The van der Waals surface area contributed by atoms with Gasteiger partial charge in [-0.1, -0.05) is 25.1 Å². The number of ketones is 1. The van der Waals surface area contributed by atoms with E-state index in [1.54, 1.807) is 13.3 Å². The zero-order valence-corrected chi connectivity index (χ0v) is 17.1. The Balaban J connectivity index is 1.53. The van der Waals surface area contributed by atoms with Gasteiger partial charge in [0.05, 0.1) is 17.6 Å². The van der Waals surface area contributed by atoms with Gasteiger partial charge in [0.15, 0.2) is 5.78 Å². The van der Waals surface area contributed by atoms with Crippen molar-refractivity contribution >= 4 is 11.8 Å². The van der Waals surface area contributed by atoms with Gasteiger partial charge in [0.2, 0.25) is 0 Å². The fraction of sp³-hybridized carbons (Fsp3) is 0.458. The van der Waals surface area contributed by atoms with E-state index in [2.05, 4.69) is 30.1 Å². The molecule has 1 fully saturated rings. The number of pyridine rings is 1. The van der Waals surface area contributed by atoms with Crippen LogP contribution in [0.1, 0.15) is 37.7 Å². The molecule has 5 rings (SSSR count). The first-order valence-electron chi connectivity index (χ1n) is 10.4. The van der Waals surface area contributed by atoms with E-state index in [9.17, 15) is 14.7 Å². The molecule has 1 N–H and O–H groups in total. The molecule has 1 unspecified atom stereocenters. The number of hydrogen-bond donors (Lipinski definition) is 1. The molecule has 1 saturated carbocycles. The van der Waals surface area contributed by atoms with Crippen LogP contribution in [0.25, 0.3) is 0 Å². The predicted octanol–water partition coefficient (Wildman–Crippen LogP) is 3.42. The number of allylic oxidation sites excluding steroid dienone is 4. The van der Waals surface area contributed by atoms with Crippen LogP contribution >= 0.6 is 0 Å². The quantitative estimate of drug-likeness (QED) is 0.826. The summed E-state index contributed by atoms with van der Waals surface area (Å²) in [6.45, 7) is 2.24. The second-order valence-electron chi connectivity index (χ2n) is 8.97. The smallest absolute Gasteiger partial charge is 0.307 e. The number of carboxylic acid groups (broad SMARTS) is 1. The molecule has 6 atom stereocenters. The van der Waals surface area contributed by atoms with Crippen molar-refractivity contribution < 1.29 is 24.2 Å². The SMILES string of the molecule is CO[C@@H]1C[C@H]2[C@@H]3OC4=C(C=C3C=C[C@]2(C)[C@H]1c1cccnc1)C(=O)CC(C(=O)O)C4. The highest BCUT2D eigenvalue weighted by atomic mass is 16.5. The summed E-state index contributed by atoms with van der Waals surface area (Å²) in [7, 11) is 1.74. The number of ether oxygens (including phenoxy) is 2. The van der Waals surface area contributed by atoms with Gasteiger partial charge in [-0.25, -0.2) is 0 Å². The number of carbonyl (C=O) groups excluding carboxylic acids is 1. The van der Waals surface area contributed by atoms with Gasteiger partial charge in [0.25, 0.3) is 0 Å².